The van der Waals surface area contributed by atoms with Crippen molar-refractivity contribution in [2.75, 3.05) is 13.2 Å². The summed E-state index contributed by atoms with van der Waals surface area (Å²) in [5, 5.41) is 10.8. The van der Waals surface area contributed by atoms with Gasteiger partial charge in [0.15, 0.2) is 6.10 Å². The van der Waals surface area contributed by atoms with E-state index < -0.39 is 18.0 Å². The maximum absolute atomic E-state index is 11.2. The molecule has 0 heterocycles. The first-order valence-electron chi connectivity index (χ1n) is 9.47. The lowest BCUT2D eigenvalue weighted by molar-refractivity contribution is -0.160. The highest BCUT2D eigenvalue weighted by atomic mass is 16.6. The summed E-state index contributed by atoms with van der Waals surface area (Å²) in [6, 6.07) is 3.88. The average Bonchev–Trinajstić information content (AvgIpc) is 2.50. The van der Waals surface area contributed by atoms with Gasteiger partial charge in [0.05, 0.1) is 13.2 Å². The Kier molecular flexibility index (Phi) is 8.05. The van der Waals surface area contributed by atoms with Crippen LogP contribution in [0, 0.1) is 0 Å². The van der Waals surface area contributed by atoms with Crippen LogP contribution in [0.1, 0.15) is 72.1 Å². The van der Waals surface area contributed by atoms with Crippen LogP contribution in [0.3, 0.4) is 0 Å². The van der Waals surface area contributed by atoms with Crippen LogP contribution in [0.4, 0.5) is 0 Å². The number of carbonyl (C=O) groups excluding carboxylic acids is 2. The molecule has 0 spiro atoms. The first-order valence-corrected chi connectivity index (χ1v) is 9.47. The molecule has 0 aliphatic rings. The fourth-order valence-electron chi connectivity index (χ4n) is 2.79. The molecule has 28 heavy (non-hydrogen) atoms. The molecule has 0 aromatic heterocycles. The number of hydrogen-bond acceptors (Lipinski definition) is 6. The summed E-state index contributed by atoms with van der Waals surface area (Å²) in [6.45, 7) is 15.2. The molecule has 0 aliphatic carbocycles. The monoisotopic (exact) mass is 394 g/mol. The van der Waals surface area contributed by atoms with Gasteiger partial charge in [0.1, 0.15) is 12.4 Å². The van der Waals surface area contributed by atoms with Gasteiger partial charge in [-0.1, -0.05) is 41.5 Å². The molecule has 0 saturated heterocycles. The standard InChI is InChI=1S/C22H34O6/c1-14(23)27-13-17(28-15(2)24)12-26-11-16-9-18(21(3,4)5)20(25)19(10-16)22(6,7)8/h9-10,17,25H,11-13H2,1-8H3/t17-/m0/s1. The molecule has 1 atom stereocenters. The second kappa shape index (κ2) is 9.41. The zero-order valence-electron chi connectivity index (χ0n) is 18.3. The Balaban J connectivity index is 2.98. The van der Waals surface area contributed by atoms with Gasteiger partial charge in [0.2, 0.25) is 0 Å². The summed E-state index contributed by atoms with van der Waals surface area (Å²) >= 11 is 0. The lowest BCUT2D eigenvalue weighted by Crippen LogP contribution is -2.28. The molecule has 6 heteroatoms. The van der Waals surface area contributed by atoms with Gasteiger partial charge in [-0.05, 0) is 39.7 Å². The van der Waals surface area contributed by atoms with E-state index in [-0.39, 0.29) is 30.7 Å². The number of ether oxygens (including phenoxy) is 3. The summed E-state index contributed by atoms with van der Waals surface area (Å²) in [4.78, 5) is 22.2. The Labute approximate surface area is 168 Å². The zero-order chi connectivity index (χ0) is 21.7. The number of phenolic OH excluding ortho intramolecular Hbond substituents is 1. The van der Waals surface area contributed by atoms with Crippen molar-refractivity contribution in [3.63, 3.8) is 0 Å². The molecule has 0 amide bonds. The predicted molar refractivity (Wildman–Crippen MR) is 107 cm³/mol. The Morgan fingerprint density at radius 3 is 1.82 bits per heavy atom. The van der Waals surface area contributed by atoms with Crippen LogP contribution in [-0.2, 0) is 41.2 Å². The lowest BCUT2D eigenvalue weighted by Gasteiger charge is -2.28. The molecule has 1 N–H and O–H groups in total. The minimum Gasteiger partial charge on any atom is -0.507 e. The molecule has 0 saturated carbocycles. The molecule has 6 nitrogen and oxygen atoms in total. The van der Waals surface area contributed by atoms with Gasteiger partial charge in [-0.15, -0.1) is 0 Å². The van der Waals surface area contributed by atoms with Crippen molar-refractivity contribution in [3.8, 4) is 5.75 Å². The van der Waals surface area contributed by atoms with Crippen LogP contribution in [0.5, 0.6) is 5.75 Å². The van der Waals surface area contributed by atoms with Gasteiger partial charge in [0.25, 0.3) is 0 Å². The molecule has 0 fully saturated rings. The van der Waals surface area contributed by atoms with Gasteiger partial charge >= 0.3 is 11.9 Å². The molecule has 158 valence electrons. The van der Waals surface area contributed by atoms with Crippen molar-refractivity contribution in [2.45, 2.75) is 78.9 Å². The second-order valence-corrected chi connectivity index (χ2v) is 9.09. The number of carbonyl (C=O) groups is 2. The number of aromatic hydroxyl groups is 1. The Morgan fingerprint density at radius 1 is 0.929 bits per heavy atom. The summed E-state index contributed by atoms with van der Waals surface area (Å²) in [6.07, 6.45) is -0.664. The van der Waals surface area contributed by atoms with E-state index in [1.165, 1.54) is 13.8 Å². The SMILES string of the molecule is CC(=O)OC[C@H](COCc1cc(C(C)(C)C)c(O)c(C(C)(C)C)c1)OC(C)=O. The molecule has 0 radical (unpaired) electrons. The highest BCUT2D eigenvalue weighted by Gasteiger charge is 2.26. The fraction of sp³-hybridized carbons (Fsp3) is 0.636. The van der Waals surface area contributed by atoms with Crippen LogP contribution >= 0.6 is 0 Å². The largest absolute Gasteiger partial charge is 0.507 e. The van der Waals surface area contributed by atoms with E-state index in [0.717, 1.165) is 16.7 Å². The van der Waals surface area contributed by atoms with E-state index in [1.807, 2.05) is 12.1 Å². The summed E-state index contributed by atoms with van der Waals surface area (Å²) in [5.74, 6) is -0.591. The van der Waals surface area contributed by atoms with Gasteiger partial charge in [-0.3, -0.25) is 9.59 Å². The summed E-state index contributed by atoms with van der Waals surface area (Å²) in [7, 11) is 0. The van der Waals surface area contributed by atoms with E-state index in [2.05, 4.69) is 41.5 Å². The van der Waals surface area contributed by atoms with Crippen molar-refractivity contribution >= 4 is 11.9 Å². The van der Waals surface area contributed by atoms with Gasteiger partial charge in [-0.2, -0.15) is 0 Å². The third-order valence-corrected chi connectivity index (χ3v) is 4.16. The highest BCUT2D eigenvalue weighted by molar-refractivity contribution is 5.67. The van der Waals surface area contributed by atoms with E-state index in [0.29, 0.717) is 5.75 Å². The van der Waals surface area contributed by atoms with Crippen molar-refractivity contribution < 1.29 is 28.9 Å². The van der Waals surface area contributed by atoms with Crippen LogP contribution < -0.4 is 0 Å². The maximum Gasteiger partial charge on any atom is 0.303 e. The van der Waals surface area contributed by atoms with Gasteiger partial charge in [-0.25, -0.2) is 0 Å². The molecule has 1 rings (SSSR count). The summed E-state index contributed by atoms with van der Waals surface area (Å²) < 4.78 is 15.8. The lowest BCUT2D eigenvalue weighted by atomic mass is 9.78. The van der Waals surface area contributed by atoms with Gasteiger partial charge in [0, 0.05) is 13.8 Å². The molecular formula is C22H34O6. The van der Waals surface area contributed by atoms with E-state index in [9.17, 15) is 14.7 Å². The second-order valence-electron chi connectivity index (χ2n) is 9.09. The molecule has 1 aromatic carbocycles. The smallest absolute Gasteiger partial charge is 0.303 e. The minimum atomic E-state index is -0.664. The van der Waals surface area contributed by atoms with Crippen LogP contribution in [0.2, 0.25) is 0 Å². The number of phenols is 1. The quantitative estimate of drug-likeness (QED) is 0.704. The normalized spacial score (nSPS) is 13.1. The molecular weight excluding hydrogens is 360 g/mol. The number of rotatable bonds is 7. The van der Waals surface area contributed by atoms with Crippen LogP contribution in [0.15, 0.2) is 12.1 Å². The topological polar surface area (TPSA) is 82.1 Å². The fourth-order valence-corrected chi connectivity index (χ4v) is 2.79. The van der Waals surface area contributed by atoms with Gasteiger partial charge < -0.3 is 19.3 Å². The molecule has 0 aliphatic heterocycles. The summed E-state index contributed by atoms with van der Waals surface area (Å²) in [5.41, 5.74) is 2.18. The number of esters is 2. The molecule has 0 bridgehead atoms. The highest BCUT2D eigenvalue weighted by Crippen LogP contribution is 2.39. The van der Waals surface area contributed by atoms with Crippen molar-refractivity contribution in [2.24, 2.45) is 0 Å². The minimum absolute atomic E-state index is 0.0506. The number of benzene rings is 1. The Morgan fingerprint density at radius 2 is 1.43 bits per heavy atom. The van der Waals surface area contributed by atoms with Crippen LogP contribution in [0.25, 0.3) is 0 Å². The molecule has 0 unspecified atom stereocenters. The average molecular weight is 395 g/mol. The Bertz CT molecular complexity index is 659. The third kappa shape index (κ3) is 7.50. The Hall–Kier alpha value is -2.08. The first kappa shape index (κ1) is 24.0. The predicted octanol–water partition coefficient (Wildman–Crippen LogP) is 4.00. The van der Waals surface area contributed by atoms with Crippen LogP contribution in [-0.4, -0.2) is 36.4 Å². The number of hydrogen-bond donors (Lipinski definition) is 1. The first-order chi connectivity index (χ1) is 12.7. The zero-order valence-corrected chi connectivity index (χ0v) is 18.3. The van der Waals surface area contributed by atoms with E-state index >= 15 is 0 Å². The molecule has 1 aromatic rings. The van der Waals surface area contributed by atoms with Crippen molar-refractivity contribution in [3.05, 3.63) is 28.8 Å². The van der Waals surface area contributed by atoms with Crippen molar-refractivity contribution in [1.82, 2.24) is 0 Å². The van der Waals surface area contributed by atoms with E-state index in [1.54, 1.807) is 0 Å². The third-order valence-electron chi connectivity index (χ3n) is 4.16. The van der Waals surface area contributed by atoms with Crippen molar-refractivity contribution in [1.29, 1.82) is 0 Å². The maximum atomic E-state index is 11.2. The van der Waals surface area contributed by atoms with E-state index in [4.69, 9.17) is 14.2 Å².